The van der Waals surface area contributed by atoms with E-state index in [2.05, 4.69) is 55.0 Å². The molecule has 7 rings (SSSR count). The van der Waals surface area contributed by atoms with Gasteiger partial charge < -0.3 is 25.1 Å². The molecule has 3 N–H and O–H groups in total. The summed E-state index contributed by atoms with van der Waals surface area (Å²) >= 11 is 0. The van der Waals surface area contributed by atoms with Crippen LogP contribution in [-0.4, -0.2) is 73.2 Å². The van der Waals surface area contributed by atoms with Gasteiger partial charge in [-0.1, -0.05) is 12.1 Å². The van der Waals surface area contributed by atoms with Crippen molar-refractivity contribution in [1.29, 1.82) is 0 Å². The molecule has 42 heavy (non-hydrogen) atoms. The predicted octanol–water partition coefficient (Wildman–Crippen LogP) is 5.49. The molecule has 2 aromatic carbocycles. The molecule has 10 heteroatoms. The number of rotatable bonds is 5. The molecule has 0 spiro atoms. The number of fused-ring (bicyclic) bond motifs is 2. The van der Waals surface area contributed by atoms with Gasteiger partial charge in [0.05, 0.1) is 16.4 Å². The van der Waals surface area contributed by atoms with Crippen LogP contribution in [0.1, 0.15) is 37.3 Å². The first-order valence-electron chi connectivity index (χ1n) is 14.9. The number of hydrogen-bond donors (Lipinski definition) is 2. The lowest BCUT2D eigenvalue weighted by molar-refractivity contribution is 0.0828. The molecule has 2 aliphatic rings. The minimum atomic E-state index is -0.278. The minimum Gasteiger partial charge on any atom is -0.383 e. The molecule has 9 nitrogen and oxygen atoms in total. The zero-order chi connectivity index (χ0) is 29.0. The zero-order valence-corrected chi connectivity index (χ0v) is 24.5. The van der Waals surface area contributed by atoms with Crippen molar-refractivity contribution in [3.05, 3.63) is 60.3 Å². The number of nitrogens with two attached hydrogens (primary N) is 1. The topological polar surface area (TPSA) is 93.1 Å². The van der Waals surface area contributed by atoms with Crippen LogP contribution in [0.15, 0.2) is 48.9 Å². The second-order valence-corrected chi connectivity index (χ2v) is 12.0. The Morgan fingerprint density at radius 2 is 1.64 bits per heavy atom. The Balaban J connectivity index is 1.13. The summed E-state index contributed by atoms with van der Waals surface area (Å²) in [6.07, 6.45) is 8.48. The lowest BCUT2D eigenvalue weighted by Crippen LogP contribution is -2.49. The maximum absolute atomic E-state index is 13.9. The van der Waals surface area contributed by atoms with Crippen molar-refractivity contribution in [2.45, 2.75) is 44.7 Å². The third-order valence-electron chi connectivity index (χ3n) is 9.33. The number of anilines is 3. The number of aromatic nitrogens is 5. The third-order valence-corrected chi connectivity index (χ3v) is 9.33. The van der Waals surface area contributed by atoms with Crippen molar-refractivity contribution in [2.24, 2.45) is 7.05 Å². The highest BCUT2D eigenvalue weighted by Crippen LogP contribution is 2.39. The van der Waals surface area contributed by atoms with Crippen LogP contribution in [-0.2, 0) is 7.05 Å². The van der Waals surface area contributed by atoms with Crippen LogP contribution in [0.5, 0.6) is 0 Å². The first-order valence-corrected chi connectivity index (χ1v) is 14.9. The summed E-state index contributed by atoms with van der Waals surface area (Å²) < 4.78 is 18.2. The number of nitrogens with zero attached hydrogens (tertiary/aromatic N) is 7. The lowest BCUT2D eigenvalue weighted by Gasteiger charge is -2.41. The second kappa shape index (κ2) is 10.7. The summed E-state index contributed by atoms with van der Waals surface area (Å²) in [5.41, 5.74) is 12.8. The van der Waals surface area contributed by atoms with Crippen LogP contribution in [0.25, 0.3) is 33.2 Å². The van der Waals surface area contributed by atoms with Gasteiger partial charge in [-0.2, -0.15) is 0 Å². The maximum Gasteiger partial charge on any atom is 0.208 e. The number of imidazole rings is 1. The molecular formula is C32H38FN9. The number of likely N-dealkylation sites (N-methyl/N-ethyl adjacent to an activating group) is 1. The molecule has 0 atom stereocenters. The first-order chi connectivity index (χ1) is 20.4. The Morgan fingerprint density at radius 3 is 2.38 bits per heavy atom. The van der Waals surface area contributed by atoms with E-state index in [9.17, 15) is 4.39 Å². The summed E-state index contributed by atoms with van der Waals surface area (Å²) in [5, 5.41) is 4.30. The number of halogens is 1. The van der Waals surface area contributed by atoms with E-state index in [0.29, 0.717) is 29.4 Å². The molecular weight excluding hydrogens is 529 g/mol. The Labute approximate surface area is 245 Å². The predicted molar refractivity (Wildman–Crippen MR) is 166 cm³/mol. The average molecular weight is 568 g/mol. The van der Waals surface area contributed by atoms with Gasteiger partial charge in [0.2, 0.25) is 5.95 Å². The molecule has 3 aromatic heterocycles. The fraction of sp³-hybridized carbons (Fsp3) is 0.406. The normalized spacial score (nSPS) is 20.5. The Hall–Kier alpha value is -4.02. The van der Waals surface area contributed by atoms with Gasteiger partial charge in [0.1, 0.15) is 23.6 Å². The largest absolute Gasteiger partial charge is 0.383 e. The van der Waals surface area contributed by atoms with Gasteiger partial charge in [-0.25, -0.2) is 19.3 Å². The Bertz CT molecular complexity index is 1740. The number of nitrogens with one attached hydrogen (secondary N) is 1. The number of piperazine rings is 1. The van der Waals surface area contributed by atoms with Crippen molar-refractivity contribution < 1.29 is 4.39 Å². The van der Waals surface area contributed by atoms with Crippen molar-refractivity contribution in [3.63, 3.8) is 0 Å². The fourth-order valence-corrected chi connectivity index (χ4v) is 7.00. The molecule has 1 aliphatic heterocycles. The highest BCUT2D eigenvalue weighted by molar-refractivity contribution is 6.00. The maximum atomic E-state index is 13.9. The quantitative estimate of drug-likeness (QED) is 0.290. The molecule has 5 aromatic rings. The molecule has 218 valence electrons. The van der Waals surface area contributed by atoms with Gasteiger partial charge in [0.15, 0.2) is 0 Å². The van der Waals surface area contributed by atoms with E-state index in [1.165, 1.54) is 38.1 Å². The van der Waals surface area contributed by atoms with E-state index in [0.717, 1.165) is 64.9 Å². The Morgan fingerprint density at radius 1 is 0.929 bits per heavy atom. The highest BCUT2D eigenvalue weighted by Gasteiger charge is 2.30. The van der Waals surface area contributed by atoms with Crippen LogP contribution < -0.4 is 11.1 Å². The van der Waals surface area contributed by atoms with Gasteiger partial charge in [-0.3, -0.25) is 4.90 Å². The van der Waals surface area contributed by atoms with Crippen molar-refractivity contribution in [3.8, 4) is 11.1 Å². The van der Waals surface area contributed by atoms with Gasteiger partial charge in [-0.15, -0.1) is 0 Å². The summed E-state index contributed by atoms with van der Waals surface area (Å²) in [7, 11) is 4.15. The standard InChI is InChI=1S/C32H38FN9/c1-20-16-22(33)17-27-29(20)40(3)32(38-27)37-23-6-4-21(5-7-23)26-18-42(31-28(26)30(34)35-19-36-31)25-10-8-24(9-11-25)41-14-12-39(2)13-15-41/h4-7,16-19,24-25H,8-15H2,1-3H3,(H,37,38)(H2,34,35,36)/t24-,25+. The van der Waals surface area contributed by atoms with Crippen LogP contribution >= 0.6 is 0 Å². The minimum absolute atomic E-state index is 0.278. The second-order valence-electron chi connectivity index (χ2n) is 12.0. The molecule has 1 aliphatic carbocycles. The van der Waals surface area contributed by atoms with E-state index < -0.39 is 0 Å². The van der Waals surface area contributed by atoms with E-state index in [1.807, 2.05) is 30.7 Å². The molecule has 1 saturated carbocycles. The lowest BCUT2D eigenvalue weighted by atomic mass is 9.89. The summed E-state index contributed by atoms with van der Waals surface area (Å²) in [5.74, 6) is 0.886. The highest BCUT2D eigenvalue weighted by atomic mass is 19.1. The summed E-state index contributed by atoms with van der Waals surface area (Å²) in [6, 6.07) is 12.3. The van der Waals surface area contributed by atoms with Gasteiger partial charge in [0.25, 0.3) is 0 Å². The fourth-order valence-electron chi connectivity index (χ4n) is 7.00. The molecule has 0 unspecified atom stereocenters. The molecule has 1 saturated heterocycles. The van der Waals surface area contributed by atoms with Gasteiger partial charge in [-0.05, 0) is 69.0 Å². The third kappa shape index (κ3) is 4.78. The number of hydrogen-bond acceptors (Lipinski definition) is 7. The summed E-state index contributed by atoms with van der Waals surface area (Å²) in [6.45, 7) is 6.57. The van der Waals surface area contributed by atoms with E-state index >= 15 is 0 Å². The van der Waals surface area contributed by atoms with Crippen molar-refractivity contribution in [1.82, 2.24) is 33.9 Å². The summed E-state index contributed by atoms with van der Waals surface area (Å²) in [4.78, 5) is 18.8. The van der Waals surface area contributed by atoms with E-state index in [4.69, 9.17) is 10.7 Å². The van der Waals surface area contributed by atoms with Crippen LogP contribution in [0.4, 0.5) is 21.8 Å². The van der Waals surface area contributed by atoms with Crippen LogP contribution in [0.3, 0.4) is 0 Å². The molecule has 2 fully saturated rings. The zero-order valence-electron chi connectivity index (χ0n) is 24.5. The van der Waals surface area contributed by atoms with Gasteiger partial charge in [0, 0.05) is 68.8 Å². The van der Waals surface area contributed by atoms with Crippen molar-refractivity contribution in [2.75, 3.05) is 44.3 Å². The van der Waals surface area contributed by atoms with Crippen LogP contribution in [0.2, 0.25) is 0 Å². The average Bonchev–Trinajstić information content (AvgIpc) is 3.52. The Kier molecular flexibility index (Phi) is 6.82. The van der Waals surface area contributed by atoms with Crippen molar-refractivity contribution >= 4 is 39.5 Å². The first kappa shape index (κ1) is 26.9. The van der Waals surface area contributed by atoms with E-state index in [1.54, 1.807) is 6.33 Å². The molecule has 0 radical (unpaired) electrons. The number of benzene rings is 2. The van der Waals surface area contributed by atoms with Gasteiger partial charge >= 0.3 is 0 Å². The number of aryl methyl sites for hydroxylation is 2. The molecule has 4 heterocycles. The molecule has 0 amide bonds. The molecule has 0 bridgehead atoms. The monoisotopic (exact) mass is 567 g/mol. The van der Waals surface area contributed by atoms with E-state index in [-0.39, 0.29) is 5.82 Å². The smallest absolute Gasteiger partial charge is 0.208 e. The van der Waals surface area contributed by atoms with Crippen LogP contribution in [0, 0.1) is 12.7 Å². The number of nitrogen functional groups attached to an aromatic ring is 1. The SMILES string of the molecule is Cc1cc(F)cc2nc(Nc3ccc(-c4cn([C@H]5CC[C@@H](N6CCN(C)CC6)CC5)c5ncnc(N)c45)cc3)n(C)c12.